The molecule has 1 aliphatic rings. The van der Waals surface area contributed by atoms with Crippen LogP contribution in [0.5, 0.6) is 0 Å². The van der Waals surface area contributed by atoms with Crippen LogP contribution in [0.3, 0.4) is 0 Å². The highest BCUT2D eigenvalue weighted by Gasteiger charge is 2.37. The zero-order valence-electron chi connectivity index (χ0n) is 21.2. The molecule has 194 valence electrons. The third-order valence-electron chi connectivity index (χ3n) is 5.24. The van der Waals surface area contributed by atoms with Crippen LogP contribution in [0, 0.1) is 5.92 Å². The lowest BCUT2D eigenvalue weighted by molar-refractivity contribution is -0.140. The molecule has 1 fully saturated rings. The number of alkyl carbamates (subject to hydrolysis) is 1. The Morgan fingerprint density at radius 3 is 2.15 bits per heavy atom. The van der Waals surface area contributed by atoms with Crippen LogP contribution >= 0.6 is 11.6 Å². The average Bonchev–Trinajstić information content (AvgIpc) is 3.19. The zero-order chi connectivity index (χ0) is 26.2. The standard InChI is InChI=1S/C23H39ClN4O6/c1-13(2)11-16(18(29)12-24)27-19(30)14(3)25-20(31)17-9-8-10-28(17)21(32)15(4)26-22(33)34-23(5,6)7/h13-17H,8-12H2,1-7H3,(H,25,31)(H,26,33)(H,27,30)/t14-,15+,16?,17+/m0/s1. The molecule has 0 aromatic rings. The molecule has 0 bridgehead atoms. The summed E-state index contributed by atoms with van der Waals surface area (Å²) in [4.78, 5) is 63.8. The SMILES string of the molecule is CC(C)CC(NC(=O)[C@H](C)NC(=O)[C@H]1CCCN1C(=O)[C@@H](C)NC(=O)OC(C)(C)C)C(=O)CCl. The zero-order valence-corrected chi connectivity index (χ0v) is 22.0. The van der Waals surface area contributed by atoms with Gasteiger partial charge in [-0.2, -0.15) is 0 Å². The second-order valence-corrected chi connectivity index (χ2v) is 10.3. The van der Waals surface area contributed by atoms with E-state index >= 15 is 0 Å². The van der Waals surface area contributed by atoms with Crippen molar-refractivity contribution in [3.05, 3.63) is 0 Å². The number of Topliss-reactive ketones (excluding diaryl/α,β-unsaturated/α-hetero) is 1. The summed E-state index contributed by atoms with van der Waals surface area (Å²) in [5.41, 5.74) is -0.706. The first-order valence-corrected chi connectivity index (χ1v) is 12.2. The van der Waals surface area contributed by atoms with Crippen molar-refractivity contribution < 1.29 is 28.7 Å². The monoisotopic (exact) mass is 502 g/mol. The molecule has 0 radical (unpaired) electrons. The van der Waals surface area contributed by atoms with E-state index in [1.807, 2.05) is 13.8 Å². The summed E-state index contributed by atoms with van der Waals surface area (Å²) in [7, 11) is 0. The Labute approximate surface area is 206 Å². The minimum absolute atomic E-state index is 0.164. The van der Waals surface area contributed by atoms with Gasteiger partial charge >= 0.3 is 6.09 Å². The molecular formula is C23H39ClN4O6. The number of hydrogen-bond acceptors (Lipinski definition) is 6. The number of hydrogen-bond donors (Lipinski definition) is 3. The van der Waals surface area contributed by atoms with Crippen LogP contribution in [0.4, 0.5) is 4.79 Å². The second kappa shape index (κ2) is 12.9. The molecule has 4 atom stereocenters. The quantitative estimate of drug-likeness (QED) is 0.389. The van der Waals surface area contributed by atoms with Crippen LogP contribution in [0.2, 0.25) is 0 Å². The molecule has 11 heteroatoms. The van der Waals surface area contributed by atoms with E-state index in [9.17, 15) is 24.0 Å². The van der Waals surface area contributed by atoms with Crippen molar-refractivity contribution in [2.75, 3.05) is 12.4 Å². The van der Waals surface area contributed by atoms with E-state index in [0.717, 1.165) is 0 Å². The van der Waals surface area contributed by atoms with Crippen LogP contribution in [-0.2, 0) is 23.9 Å². The molecule has 3 N–H and O–H groups in total. The summed E-state index contributed by atoms with van der Waals surface area (Å²) in [5.74, 6) is -1.73. The van der Waals surface area contributed by atoms with E-state index in [0.29, 0.717) is 25.8 Å². The van der Waals surface area contributed by atoms with Gasteiger partial charge in [0.2, 0.25) is 17.7 Å². The summed E-state index contributed by atoms with van der Waals surface area (Å²) in [6.07, 6.45) is 0.766. The van der Waals surface area contributed by atoms with Gasteiger partial charge in [-0.05, 0) is 59.8 Å². The maximum Gasteiger partial charge on any atom is 0.408 e. The molecule has 1 aliphatic heterocycles. The van der Waals surface area contributed by atoms with E-state index in [1.54, 1.807) is 20.8 Å². The van der Waals surface area contributed by atoms with Gasteiger partial charge in [0.25, 0.3) is 0 Å². The van der Waals surface area contributed by atoms with Gasteiger partial charge in [0.05, 0.1) is 11.9 Å². The molecule has 4 amide bonds. The van der Waals surface area contributed by atoms with E-state index in [2.05, 4.69) is 16.0 Å². The van der Waals surface area contributed by atoms with Gasteiger partial charge in [-0.3, -0.25) is 19.2 Å². The molecule has 1 heterocycles. The third kappa shape index (κ3) is 9.48. The fourth-order valence-corrected chi connectivity index (χ4v) is 3.79. The number of ketones is 1. The number of halogens is 1. The predicted molar refractivity (Wildman–Crippen MR) is 128 cm³/mol. The fourth-order valence-electron chi connectivity index (χ4n) is 3.61. The second-order valence-electron chi connectivity index (χ2n) is 10.1. The Hall–Kier alpha value is -2.36. The topological polar surface area (TPSA) is 134 Å². The first-order valence-electron chi connectivity index (χ1n) is 11.7. The average molecular weight is 503 g/mol. The first kappa shape index (κ1) is 29.7. The van der Waals surface area contributed by atoms with Crippen LogP contribution in [-0.4, -0.2) is 76.7 Å². The van der Waals surface area contributed by atoms with Crippen molar-refractivity contribution in [3.63, 3.8) is 0 Å². The number of ether oxygens (including phenoxy) is 1. The molecule has 0 aliphatic carbocycles. The van der Waals surface area contributed by atoms with Gasteiger partial charge in [-0.15, -0.1) is 11.6 Å². The lowest BCUT2D eigenvalue weighted by atomic mass is 10.0. The van der Waals surface area contributed by atoms with Crippen molar-refractivity contribution in [2.24, 2.45) is 5.92 Å². The highest BCUT2D eigenvalue weighted by Crippen LogP contribution is 2.19. The molecule has 1 unspecified atom stereocenters. The molecule has 0 aromatic heterocycles. The summed E-state index contributed by atoms with van der Waals surface area (Å²) in [5, 5.41) is 7.78. The van der Waals surface area contributed by atoms with Gasteiger partial charge in [0.1, 0.15) is 23.7 Å². The number of nitrogens with zero attached hydrogens (tertiary/aromatic N) is 1. The molecule has 10 nitrogen and oxygen atoms in total. The van der Waals surface area contributed by atoms with Crippen molar-refractivity contribution in [1.82, 2.24) is 20.9 Å². The summed E-state index contributed by atoms with van der Waals surface area (Å²) in [6.45, 7) is 12.4. The Bertz CT molecular complexity index is 767. The Balaban J connectivity index is 2.73. The van der Waals surface area contributed by atoms with E-state index in [-0.39, 0.29) is 17.6 Å². The van der Waals surface area contributed by atoms with E-state index in [1.165, 1.54) is 18.7 Å². The Morgan fingerprint density at radius 2 is 1.62 bits per heavy atom. The van der Waals surface area contributed by atoms with Crippen molar-refractivity contribution >= 4 is 41.2 Å². The minimum Gasteiger partial charge on any atom is -0.444 e. The molecule has 1 rings (SSSR count). The lowest BCUT2D eigenvalue weighted by Gasteiger charge is -2.29. The maximum absolute atomic E-state index is 12.9. The number of nitrogens with one attached hydrogen (secondary N) is 3. The number of likely N-dealkylation sites (tertiary alicyclic amines) is 1. The van der Waals surface area contributed by atoms with Crippen LogP contribution in [0.1, 0.15) is 67.7 Å². The minimum atomic E-state index is -0.917. The van der Waals surface area contributed by atoms with Crippen LogP contribution in [0.25, 0.3) is 0 Å². The summed E-state index contributed by atoms with van der Waals surface area (Å²) >= 11 is 5.66. The van der Waals surface area contributed by atoms with Crippen molar-refractivity contribution in [1.29, 1.82) is 0 Å². The predicted octanol–water partition coefficient (Wildman–Crippen LogP) is 1.73. The third-order valence-corrected chi connectivity index (χ3v) is 5.50. The van der Waals surface area contributed by atoms with Gasteiger partial charge in [-0.1, -0.05) is 13.8 Å². The normalized spacial score (nSPS) is 18.6. The molecule has 0 aromatic carbocycles. The molecule has 0 saturated carbocycles. The Kier molecular flexibility index (Phi) is 11.3. The van der Waals surface area contributed by atoms with Gasteiger partial charge in [-0.25, -0.2) is 4.79 Å². The summed E-state index contributed by atoms with van der Waals surface area (Å²) < 4.78 is 5.18. The van der Waals surface area contributed by atoms with Crippen LogP contribution in [0.15, 0.2) is 0 Å². The van der Waals surface area contributed by atoms with Gasteiger partial charge < -0.3 is 25.6 Å². The number of alkyl halides is 1. The van der Waals surface area contributed by atoms with E-state index < -0.39 is 53.6 Å². The number of carbonyl (C=O) groups excluding carboxylic acids is 5. The molecule has 0 spiro atoms. The molecule has 34 heavy (non-hydrogen) atoms. The van der Waals surface area contributed by atoms with Crippen molar-refractivity contribution in [2.45, 2.75) is 97.5 Å². The number of carbonyl (C=O) groups is 5. The molecule has 1 saturated heterocycles. The number of amides is 4. The Morgan fingerprint density at radius 1 is 1.00 bits per heavy atom. The molecular weight excluding hydrogens is 464 g/mol. The van der Waals surface area contributed by atoms with Crippen molar-refractivity contribution in [3.8, 4) is 0 Å². The van der Waals surface area contributed by atoms with Gasteiger partial charge in [0, 0.05) is 6.54 Å². The largest absolute Gasteiger partial charge is 0.444 e. The first-order chi connectivity index (χ1) is 15.7. The maximum atomic E-state index is 12.9. The van der Waals surface area contributed by atoms with Gasteiger partial charge in [0.15, 0.2) is 5.78 Å². The van der Waals surface area contributed by atoms with Crippen LogP contribution < -0.4 is 16.0 Å². The lowest BCUT2D eigenvalue weighted by Crippen LogP contribution is -2.56. The highest BCUT2D eigenvalue weighted by atomic mass is 35.5. The summed E-state index contributed by atoms with van der Waals surface area (Å²) in [6, 6.07) is -3.29. The fraction of sp³-hybridized carbons (Fsp3) is 0.783. The number of rotatable bonds is 10. The highest BCUT2D eigenvalue weighted by molar-refractivity contribution is 6.28. The van der Waals surface area contributed by atoms with E-state index in [4.69, 9.17) is 16.3 Å². The smallest absolute Gasteiger partial charge is 0.408 e.